The summed E-state index contributed by atoms with van der Waals surface area (Å²) >= 11 is 1.43. The first-order chi connectivity index (χ1) is 14.2. The third kappa shape index (κ3) is 4.71. The molecule has 8 heteroatoms. The summed E-state index contributed by atoms with van der Waals surface area (Å²) in [5.74, 6) is -0.195. The molecule has 0 aliphatic carbocycles. The largest absolute Gasteiger partial charge is 0.497 e. The lowest BCUT2D eigenvalue weighted by molar-refractivity contribution is -0.117. The third-order valence-corrected chi connectivity index (χ3v) is 7.61. The van der Waals surface area contributed by atoms with E-state index in [9.17, 15) is 13.2 Å². The second-order valence-corrected chi connectivity index (χ2v) is 10.1. The first kappa shape index (κ1) is 22.0. The molecular weight excluding hydrogens is 420 g/mol. The fourth-order valence-electron chi connectivity index (χ4n) is 3.19. The summed E-state index contributed by atoms with van der Waals surface area (Å²) in [6, 6.07) is 10.3. The van der Waals surface area contributed by atoms with E-state index in [1.54, 1.807) is 18.2 Å². The quantitative estimate of drug-likeness (QED) is 0.519. The molecule has 2 aromatic carbocycles. The number of sulfone groups is 1. The molecule has 0 radical (unpaired) electrons. The van der Waals surface area contributed by atoms with E-state index < -0.39 is 15.7 Å². The van der Waals surface area contributed by atoms with Crippen molar-refractivity contribution in [3.8, 4) is 5.75 Å². The molecular formula is C22H24N2O4S2. The number of amides is 1. The SMILES string of the molecule is C=CCn1c(=NC(=O)CCS(=O)(=O)c2ccc(OC)cc2)sc2c(C)cc(C)cc21. The number of methoxy groups -OCH3 is 1. The van der Waals surface area contributed by atoms with Crippen LogP contribution in [0.2, 0.25) is 0 Å². The van der Waals surface area contributed by atoms with Crippen molar-refractivity contribution in [1.82, 2.24) is 4.57 Å². The Kier molecular flexibility index (Phi) is 6.58. The molecule has 0 spiro atoms. The van der Waals surface area contributed by atoms with Crippen LogP contribution in [-0.4, -0.2) is 31.8 Å². The zero-order valence-electron chi connectivity index (χ0n) is 17.2. The highest BCUT2D eigenvalue weighted by atomic mass is 32.2. The highest BCUT2D eigenvalue weighted by molar-refractivity contribution is 7.91. The minimum Gasteiger partial charge on any atom is -0.497 e. The predicted octanol–water partition coefficient (Wildman–Crippen LogP) is 3.81. The van der Waals surface area contributed by atoms with Gasteiger partial charge in [-0.1, -0.05) is 23.5 Å². The maximum Gasteiger partial charge on any atom is 0.249 e. The van der Waals surface area contributed by atoms with Gasteiger partial charge in [0.15, 0.2) is 14.6 Å². The molecule has 30 heavy (non-hydrogen) atoms. The number of fused-ring (bicyclic) bond motifs is 1. The van der Waals surface area contributed by atoms with E-state index in [-0.39, 0.29) is 17.1 Å². The molecule has 0 unspecified atom stereocenters. The highest BCUT2D eigenvalue weighted by Crippen LogP contribution is 2.23. The molecule has 1 heterocycles. The lowest BCUT2D eigenvalue weighted by atomic mass is 10.1. The number of carbonyl (C=O) groups is 1. The van der Waals surface area contributed by atoms with Gasteiger partial charge in [0, 0.05) is 13.0 Å². The van der Waals surface area contributed by atoms with Gasteiger partial charge in [0.2, 0.25) is 5.91 Å². The van der Waals surface area contributed by atoms with Crippen LogP contribution < -0.4 is 9.54 Å². The van der Waals surface area contributed by atoms with Gasteiger partial charge in [-0.05, 0) is 55.3 Å². The van der Waals surface area contributed by atoms with E-state index in [2.05, 4.69) is 23.7 Å². The number of hydrogen-bond donors (Lipinski definition) is 0. The Bertz CT molecular complexity index is 1270. The van der Waals surface area contributed by atoms with Crippen LogP contribution in [-0.2, 0) is 21.2 Å². The summed E-state index contributed by atoms with van der Waals surface area (Å²) in [5, 5.41) is 0. The number of allylic oxidation sites excluding steroid dienone is 1. The normalized spacial score (nSPS) is 12.3. The van der Waals surface area contributed by atoms with E-state index in [1.807, 2.05) is 18.4 Å². The molecule has 0 aliphatic heterocycles. The zero-order valence-corrected chi connectivity index (χ0v) is 18.8. The first-order valence-electron chi connectivity index (χ1n) is 9.41. The molecule has 0 saturated heterocycles. The van der Waals surface area contributed by atoms with Crippen molar-refractivity contribution in [2.24, 2.45) is 4.99 Å². The Morgan fingerprint density at radius 2 is 1.93 bits per heavy atom. The molecule has 1 aromatic heterocycles. The average Bonchev–Trinajstić information content (AvgIpc) is 3.04. The molecule has 3 rings (SSSR count). The van der Waals surface area contributed by atoms with Gasteiger partial charge >= 0.3 is 0 Å². The van der Waals surface area contributed by atoms with E-state index in [4.69, 9.17) is 4.74 Å². The summed E-state index contributed by atoms with van der Waals surface area (Å²) in [7, 11) is -2.07. The van der Waals surface area contributed by atoms with Crippen molar-refractivity contribution in [3.63, 3.8) is 0 Å². The van der Waals surface area contributed by atoms with Crippen molar-refractivity contribution >= 4 is 37.3 Å². The Labute approximate surface area is 180 Å². The van der Waals surface area contributed by atoms with Crippen LogP contribution >= 0.6 is 11.3 Å². The number of rotatable bonds is 7. The lowest BCUT2D eigenvalue weighted by Crippen LogP contribution is -2.17. The zero-order chi connectivity index (χ0) is 21.9. The number of hydrogen-bond acceptors (Lipinski definition) is 5. The number of aryl methyl sites for hydroxylation is 2. The Morgan fingerprint density at radius 3 is 2.57 bits per heavy atom. The summed E-state index contributed by atoms with van der Waals surface area (Å²) in [5.41, 5.74) is 3.23. The molecule has 6 nitrogen and oxygen atoms in total. The minimum atomic E-state index is -3.59. The van der Waals surface area contributed by atoms with Gasteiger partial charge in [0.25, 0.3) is 0 Å². The van der Waals surface area contributed by atoms with E-state index in [1.165, 1.54) is 30.6 Å². The number of nitrogens with zero attached hydrogens (tertiary/aromatic N) is 2. The monoisotopic (exact) mass is 444 g/mol. The fourth-order valence-corrected chi connectivity index (χ4v) is 5.53. The molecule has 0 saturated carbocycles. The molecule has 0 atom stereocenters. The van der Waals surface area contributed by atoms with Crippen molar-refractivity contribution in [2.75, 3.05) is 12.9 Å². The van der Waals surface area contributed by atoms with Crippen molar-refractivity contribution in [3.05, 3.63) is 65.0 Å². The summed E-state index contributed by atoms with van der Waals surface area (Å²) in [6.07, 6.45) is 1.57. The number of thiazole rings is 1. The van der Waals surface area contributed by atoms with Crippen LogP contribution in [0.25, 0.3) is 10.2 Å². The molecule has 0 aliphatic rings. The topological polar surface area (TPSA) is 77.7 Å². The average molecular weight is 445 g/mol. The third-order valence-electron chi connectivity index (χ3n) is 4.65. The van der Waals surface area contributed by atoms with Crippen LogP contribution in [0.15, 0.2) is 58.9 Å². The van der Waals surface area contributed by atoms with Crippen LogP contribution in [0.4, 0.5) is 0 Å². The Balaban J connectivity index is 1.87. The summed E-state index contributed by atoms with van der Waals surface area (Å²) in [6.45, 7) is 8.35. The second-order valence-electron chi connectivity index (χ2n) is 6.96. The van der Waals surface area contributed by atoms with Gasteiger partial charge < -0.3 is 9.30 Å². The Hall–Kier alpha value is -2.71. The van der Waals surface area contributed by atoms with Gasteiger partial charge in [-0.15, -0.1) is 6.58 Å². The molecule has 1 amide bonds. The van der Waals surface area contributed by atoms with Crippen LogP contribution in [0.5, 0.6) is 5.75 Å². The first-order valence-corrected chi connectivity index (χ1v) is 11.9. The number of aromatic nitrogens is 1. The van der Waals surface area contributed by atoms with Gasteiger partial charge in [0.1, 0.15) is 5.75 Å². The van der Waals surface area contributed by atoms with Crippen molar-refractivity contribution in [1.29, 1.82) is 0 Å². The van der Waals surface area contributed by atoms with Gasteiger partial charge in [0.05, 0.1) is 28.0 Å². The van der Waals surface area contributed by atoms with Gasteiger partial charge in [-0.25, -0.2) is 8.42 Å². The maximum absolute atomic E-state index is 12.5. The second kappa shape index (κ2) is 8.97. The summed E-state index contributed by atoms with van der Waals surface area (Å²) < 4.78 is 33.1. The number of ether oxygens (including phenoxy) is 1. The minimum absolute atomic E-state index is 0.158. The van der Waals surface area contributed by atoms with E-state index in [0.717, 1.165) is 21.3 Å². The van der Waals surface area contributed by atoms with Crippen molar-refractivity contribution in [2.45, 2.75) is 31.7 Å². The van der Waals surface area contributed by atoms with Crippen LogP contribution in [0.1, 0.15) is 17.5 Å². The highest BCUT2D eigenvalue weighted by Gasteiger charge is 2.17. The van der Waals surface area contributed by atoms with Crippen molar-refractivity contribution < 1.29 is 17.9 Å². The fraction of sp³-hybridized carbons (Fsp3) is 0.273. The molecule has 0 fully saturated rings. The number of benzene rings is 2. The van der Waals surface area contributed by atoms with E-state index in [0.29, 0.717) is 17.1 Å². The summed E-state index contributed by atoms with van der Waals surface area (Å²) in [4.78, 5) is 17.4. The molecule has 158 valence electrons. The van der Waals surface area contributed by atoms with Crippen LogP contribution in [0.3, 0.4) is 0 Å². The molecule has 0 bridgehead atoms. The van der Waals surface area contributed by atoms with Gasteiger partial charge in [-0.3, -0.25) is 4.79 Å². The number of carbonyl (C=O) groups excluding carboxylic acids is 1. The Morgan fingerprint density at radius 1 is 1.23 bits per heavy atom. The van der Waals surface area contributed by atoms with Gasteiger partial charge in [-0.2, -0.15) is 4.99 Å². The predicted molar refractivity (Wildman–Crippen MR) is 120 cm³/mol. The molecule has 3 aromatic rings. The standard InChI is InChI=1S/C22H24N2O4S2/c1-5-11-24-19-14-15(2)13-16(3)21(19)29-22(24)23-20(25)10-12-30(26,27)18-8-6-17(28-4)7-9-18/h5-9,13-14H,1,10-12H2,2-4H3. The lowest BCUT2D eigenvalue weighted by Gasteiger charge is -2.05. The smallest absolute Gasteiger partial charge is 0.249 e. The molecule has 0 N–H and O–H groups in total. The maximum atomic E-state index is 12.5. The van der Waals surface area contributed by atoms with E-state index >= 15 is 0 Å². The van der Waals surface area contributed by atoms with Crippen LogP contribution in [0, 0.1) is 13.8 Å².